The molecule has 3 N–H and O–H groups in total. The van der Waals surface area contributed by atoms with Gasteiger partial charge in [0, 0.05) is 0 Å². The van der Waals surface area contributed by atoms with Gasteiger partial charge in [0.15, 0.2) is 6.54 Å². The summed E-state index contributed by atoms with van der Waals surface area (Å²) in [7, 11) is 0. The van der Waals surface area contributed by atoms with Crippen molar-refractivity contribution in [2.45, 2.75) is 45.1 Å². The highest BCUT2D eigenvalue weighted by molar-refractivity contribution is 6.33. The van der Waals surface area contributed by atoms with Crippen molar-refractivity contribution in [2.75, 3.05) is 11.9 Å². The van der Waals surface area contributed by atoms with Crippen LogP contribution in [-0.4, -0.2) is 18.5 Å². The number of nitrogens with one attached hydrogen (secondary N) is 1. The van der Waals surface area contributed by atoms with Gasteiger partial charge in [-0.15, -0.1) is 0 Å². The number of aryl methyl sites for hydroxylation is 1. The molecule has 1 fully saturated rings. The molecule has 1 aromatic rings. The lowest BCUT2D eigenvalue weighted by atomic mass is 9.95. The summed E-state index contributed by atoms with van der Waals surface area (Å²) >= 11 is 6.10. The zero-order valence-electron chi connectivity index (χ0n) is 11.8. The van der Waals surface area contributed by atoms with Crippen molar-refractivity contribution in [2.24, 2.45) is 0 Å². The van der Waals surface area contributed by atoms with Crippen LogP contribution in [0, 0.1) is 6.92 Å². The molecule has 3 nitrogen and oxygen atoms in total. The minimum Gasteiger partial charge on any atom is -1.00 e. The molecule has 1 aliphatic rings. The average molecular weight is 317 g/mol. The first-order valence-corrected chi connectivity index (χ1v) is 7.43. The second kappa shape index (κ2) is 8.50. The summed E-state index contributed by atoms with van der Waals surface area (Å²) < 4.78 is 0. The Hall–Kier alpha value is -0.770. The highest BCUT2D eigenvalue weighted by Crippen LogP contribution is 2.24. The number of hydrogen-bond acceptors (Lipinski definition) is 1. The Kier molecular flexibility index (Phi) is 7.35. The largest absolute Gasteiger partial charge is 1.00 e. The Labute approximate surface area is 131 Å². The van der Waals surface area contributed by atoms with E-state index in [0.29, 0.717) is 17.6 Å². The maximum absolute atomic E-state index is 12.0. The van der Waals surface area contributed by atoms with Gasteiger partial charge in [0.1, 0.15) is 0 Å². The van der Waals surface area contributed by atoms with Gasteiger partial charge < -0.3 is 23.0 Å². The SMILES string of the molecule is Cc1cccc(Cl)c1NC(=O)C[NH2+]C1CCCCC1.[Cl-]. The molecule has 112 valence electrons. The summed E-state index contributed by atoms with van der Waals surface area (Å²) in [6.45, 7) is 2.43. The second-order valence-electron chi connectivity index (χ2n) is 5.32. The third-order valence-corrected chi connectivity index (χ3v) is 4.09. The van der Waals surface area contributed by atoms with E-state index in [-0.39, 0.29) is 18.3 Å². The lowest BCUT2D eigenvalue weighted by Crippen LogP contribution is -3.00. The van der Waals surface area contributed by atoms with Crippen LogP contribution in [0.25, 0.3) is 0 Å². The van der Waals surface area contributed by atoms with E-state index < -0.39 is 0 Å². The summed E-state index contributed by atoms with van der Waals surface area (Å²) in [4.78, 5) is 12.0. The Bertz CT molecular complexity index is 425. The van der Waals surface area contributed by atoms with Crippen LogP contribution < -0.4 is 23.0 Å². The van der Waals surface area contributed by atoms with Crippen LogP contribution in [-0.2, 0) is 4.79 Å². The normalized spacial score (nSPS) is 15.5. The van der Waals surface area contributed by atoms with Crippen molar-refractivity contribution >= 4 is 23.2 Å². The van der Waals surface area contributed by atoms with Gasteiger partial charge in [-0.1, -0.05) is 30.2 Å². The van der Waals surface area contributed by atoms with E-state index in [1.165, 1.54) is 32.1 Å². The van der Waals surface area contributed by atoms with Crippen molar-refractivity contribution in [3.8, 4) is 0 Å². The number of benzene rings is 1. The standard InChI is InChI=1S/C15H21ClN2O.ClH/c1-11-6-5-9-13(16)15(11)18-14(19)10-17-12-7-3-2-4-8-12;/h5-6,9,12,17H,2-4,7-8,10H2,1H3,(H,18,19);1H. The molecule has 0 aromatic heterocycles. The summed E-state index contributed by atoms with van der Waals surface area (Å²) in [5.74, 6) is 0.0294. The van der Waals surface area contributed by atoms with E-state index in [0.717, 1.165) is 11.3 Å². The molecule has 20 heavy (non-hydrogen) atoms. The van der Waals surface area contributed by atoms with Crippen LogP contribution in [0.4, 0.5) is 5.69 Å². The fourth-order valence-electron chi connectivity index (χ4n) is 2.62. The number of hydrogen-bond donors (Lipinski definition) is 2. The molecule has 1 aliphatic carbocycles. The van der Waals surface area contributed by atoms with Gasteiger partial charge >= 0.3 is 0 Å². The van der Waals surface area contributed by atoms with Crippen LogP contribution in [0.15, 0.2) is 18.2 Å². The summed E-state index contributed by atoms with van der Waals surface area (Å²) in [5, 5.41) is 5.69. The van der Waals surface area contributed by atoms with Crippen molar-refractivity contribution in [1.29, 1.82) is 0 Å². The molecule has 0 spiro atoms. The van der Waals surface area contributed by atoms with Crippen molar-refractivity contribution in [1.82, 2.24) is 0 Å². The number of quaternary nitrogens is 1. The van der Waals surface area contributed by atoms with Crippen LogP contribution in [0.2, 0.25) is 5.02 Å². The zero-order chi connectivity index (χ0) is 13.7. The Balaban J connectivity index is 0.00000200. The van der Waals surface area contributed by atoms with E-state index in [2.05, 4.69) is 10.6 Å². The minimum atomic E-state index is 0. The van der Waals surface area contributed by atoms with Gasteiger partial charge in [-0.3, -0.25) is 4.79 Å². The Morgan fingerprint density at radius 1 is 1.35 bits per heavy atom. The van der Waals surface area contributed by atoms with Crippen molar-refractivity contribution in [3.63, 3.8) is 0 Å². The summed E-state index contributed by atoms with van der Waals surface area (Å²) in [6, 6.07) is 6.26. The van der Waals surface area contributed by atoms with E-state index >= 15 is 0 Å². The highest BCUT2D eigenvalue weighted by Gasteiger charge is 2.17. The monoisotopic (exact) mass is 316 g/mol. The van der Waals surface area contributed by atoms with Crippen LogP contribution in [0.5, 0.6) is 0 Å². The molecule has 1 aromatic carbocycles. The molecule has 0 aliphatic heterocycles. The number of amides is 1. The van der Waals surface area contributed by atoms with E-state index in [4.69, 9.17) is 11.6 Å². The molecule has 0 saturated heterocycles. The molecular weight excluding hydrogens is 295 g/mol. The number of halogens is 2. The zero-order valence-corrected chi connectivity index (χ0v) is 13.3. The lowest BCUT2D eigenvalue weighted by Gasteiger charge is -2.19. The maximum atomic E-state index is 12.0. The first-order valence-electron chi connectivity index (χ1n) is 7.05. The maximum Gasteiger partial charge on any atom is 0.279 e. The number of nitrogens with two attached hydrogens (primary N) is 1. The Morgan fingerprint density at radius 3 is 2.70 bits per heavy atom. The topological polar surface area (TPSA) is 45.7 Å². The first-order chi connectivity index (χ1) is 9.16. The van der Waals surface area contributed by atoms with Crippen molar-refractivity contribution < 1.29 is 22.5 Å². The highest BCUT2D eigenvalue weighted by atomic mass is 35.5. The molecular formula is C15H22Cl2N2O. The second-order valence-corrected chi connectivity index (χ2v) is 5.73. The first kappa shape index (κ1) is 17.3. The lowest BCUT2D eigenvalue weighted by molar-refractivity contribution is -0.681. The van der Waals surface area contributed by atoms with E-state index in [9.17, 15) is 4.79 Å². The molecule has 1 saturated carbocycles. The molecule has 1 amide bonds. The smallest absolute Gasteiger partial charge is 0.279 e. The number of para-hydroxylation sites is 1. The fraction of sp³-hybridized carbons (Fsp3) is 0.533. The molecule has 5 heteroatoms. The van der Waals surface area contributed by atoms with Crippen LogP contribution in [0.1, 0.15) is 37.7 Å². The number of carbonyl (C=O) groups is 1. The third-order valence-electron chi connectivity index (χ3n) is 3.77. The number of rotatable bonds is 4. The molecule has 0 unspecified atom stereocenters. The predicted octanol–water partition coefficient (Wildman–Crippen LogP) is -0.513. The molecule has 0 radical (unpaired) electrons. The van der Waals surface area contributed by atoms with Crippen LogP contribution >= 0.6 is 11.6 Å². The van der Waals surface area contributed by atoms with Gasteiger partial charge in [-0.25, -0.2) is 0 Å². The van der Waals surface area contributed by atoms with E-state index in [1.807, 2.05) is 19.1 Å². The van der Waals surface area contributed by atoms with E-state index in [1.54, 1.807) is 6.07 Å². The van der Waals surface area contributed by atoms with Crippen LogP contribution in [0.3, 0.4) is 0 Å². The average Bonchev–Trinajstić information content (AvgIpc) is 2.42. The predicted molar refractivity (Wildman–Crippen MR) is 78.5 cm³/mol. The van der Waals surface area contributed by atoms with Gasteiger partial charge in [0.2, 0.25) is 0 Å². The van der Waals surface area contributed by atoms with Gasteiger partial charge in [-0.05, 0) is 44.2 Å². The molecule has 0 atom stereocenters. The third kappa shape index (κ3) is 4.97. The summed E-state index contributed by atoms with van der Waals surface area (Å²) in [5.41, 5.74) is 1.74. The summed E-state index contributed by atoms with van der Waals surface area (Å²) in [6.07, 6.45) is 6.41. The van der Waals surface area contributed by atoms with Gasteiger partial charge in [0.25, 0.3) is 5.91 Å². The molecule has 2 rings (SSSR count). The molecule has 0 heterocycles. The number of carbonyl (C=O) groups excluding carboxylic acids is 1. The fourth-order valence-corrected chi connectivity index (χ4v) is 2.89. The Morgan fingerprint density at radius 2 is 2.05 bits per heavy atom. The van der Waals surface area contributed by atoms with Gasteiger partial charge in [0.05, 0.1) is 16.8 Å². The minimum absolute atomic E-state index is 0. The van der Waals surface area contributed by atoms with Gasteiger partial charge in [-0.2, -0.15) is 0 Å². The van der Waals surface area contributed by atoms with Crippen molar-refractivity contribution in [3.05, 3.63) is 28.8 Å². The molecule has 0 bridgehead atoms. The number of anilines is 1. The quantitative estimate of drug-likeness (QED) is 0.772.